The standard InChI is InChI=1S/C7H14O2/c1-9-7-4-2-3-6(8)5-7/h6-8H,2-5H2,1H3/t6-,7-/m1/s1. The van der Waals surface area contributed by atoms with E-state index < -0.39 is 0 Å². The van der Waals surface area contributed by atoms with Gasteiger partial charge < -0.3 is 9.84 Å². The minimum Gasteiger partial charge on any atom is -0.393 e. The average molecular weight is 130 g/mol. The molecule has 0 amide bonds. The summed E-state index contributed by atoms with van der Waals surface area (Å²) in [7, 11) is 1.71. The zero-order valence-corrected chi connectivity index (χ0v) is 5.84. The van der Waals surface area contributed by atoms with Crippen LogP contribution < -0.4 is 0 Å². The molecule has 0 heterocycles. The quantitative estimate of drug-likeness (QED) is 0.572. The third-order valence-electron chi connectivity index (χ3n) is 1.93. The molecule has 2 heteroatoms. The van der Waals surface area contributed by atoms with Crippen molar-refractivity contribution in [3.63, 3.8) is 0 Å². The van der Waals surface area contributed by atoms with Crippen LogP contribution in [0.1, 0.15) is 25.7 Å². The first-order chi connectivity index (χ1) is 4.33. The summed E-state index contributed by atoms with van der Waals surface area (Å²) in [5, 5.41) is 9.13. The highest BCUT2D eigenvalue weighted by molar-refractivity contribution is 4.71. The second-order valence-corrected chi connectivity index (χ2v) is 2.68. The minimum absolute atomic E-state index is 0.108. The van der Waals surface area contributed by atoms with Crippen molar-refractivity contribution in [2.75, 3.05) is 7.11 Å². The SMILES string of the molecule is CO[C@@H]1CCC[C@@H](O)C1. The molecule has 54 valence electrons. The molecule has 0 unspecified atom stereocenters. The molecule has 1 aliphatic rings. The van der Waals surface area contributed by atoms with Crippen LogP contribution in [-0.4, -0.2) is 24.4 Å². The van der Waals surface area contributed by atoms with Crippen molar-refractivity contribution in [2.45, 2.75) is 37.9 Å². The number of aliphatic hydroxyl groups is 1. The van der Waals surface area contributed by atoms with Crippen molar-refractivity contribution in [2.24, 2.45) is 0 Å². The first kappa shape index (κ1) is 7.03. The number of hydrogen-bond acceptors (Lipinski definition) is 2. The van der Waals surface area contributed by atoms with Crippen LogP contribution in [0.4, 0.5) is 0 Å². The predicted octanol–water partition coefficient (Wildman–Crippen LogP) is 0.936. The molecule has 1 N–H and O–H groups in total. The van der Waals surface area contributed by atoms with Crippen molar-refractivity contribution in [3.8, 4) is 0 Å². The van der Waals surface area contributed by atoms with E-state index in [9.17, 15) is 0 Å². The summed E-state index contributed by atoms with van der Waals surface area (Å²) in [4.78, 5) is 0. The van der Waals surface area contributed by atoms with Gasteiger partial charge in [0.2, 0.25) is 0 Å². The summed E-state index contributed by atoms with van der Waals surface area (Å²) >= 11 is 0. The van der Waals surface area contributed by atoms with Gasteiger partial charge in [0.15, 0.2) is 0 Å². The van der Waals surface area contributed by atoms with E-state index in [2.05, 4.69) is 0 Å². The van der Waals surface area contributed by atoms with Gasteiger partial charge in [-0.15, -0.1) is 0 Å². The monoisotopic (exact) mass is 130 g/mol. The lowest BCUT2D eigenvalue weighted by atomic mass is 9.95. The van der Waals surface area contributed by atoms with Crippen LogP contribution in [0.5, 0.6) is 0 Å². The Hall–Kier alpha value is -0.0800. The summed E-state index contributed by atoms with van der Waals surface area (Å²) in [6.07, 6.45) is 4.22. The van der Waals surface area contributed by atoms with Gasteiger partial charge in [0, 0.05) is 7.11 Å². The minimum atomic E-state index is -0.108. The second kappa shape index (κ2) is 3.18. The van der Waals surface area contributed by atoms with E-state index in [1.165, 1.54) is 0 Å². The summed E-state index contributed by atoms with van der Waals surface area (Å²) in [6, 6.07) is 0. The van der Waals surface area contributed by atoms with Gasteiger partial charge in [-0.3, -0.25) is 0 Å². The van der Waals surface area contributed by atoms with Crippen molar-refractivity contribution in [1.82, 2.24) is 0 Å². The van der Waals surface area contributed by atoms with Crippen LogP contribution in [0.15, 0.2) is 0 Å². The van der Waals surface area contributed by atoms with E-state index in [0.717, 1.165) is 25.7 Å². The number of aliphatic hydroxyl groups excluding tert-OH is 1. The Labute approximate surface area is 55.8 Å². The fourth-order valence-electron chi connectivity index (χ4n) is 1.33. The summed E-state index contributed by atoms with van der Waals surface area (Å²) < 4.78 is 5.10. The fraction of sp³-hybridized carbons (Fsp3) is 1.00. The van der Waals surface area contributed by atoms with Gasteiger partial charge in [0.05, 0.1) is 12.2 Å². The zero-order valence-electron chi connectivity index (χ0n) is 5.84. The van der Waals surface area contributed by atoms with Crippen molar-refractivity contribution in [3.05, 3.63) is 0 Å². The Morgan fingerprint density at radius 1 is 1.44 bits per heavy atom. The fourth-order valence-corrected chi connectivity index (χ4v) is 1.33. The molecule has 0 aromatic heterocycles. The first-order valence-electron chi connectivity index (χ1n) is 3.54. The molecule has 1 fully saturated rings. The first-order valence-corrected chi connectivity index (χ1v) is 3.54. The number of hydrogen-bond donors (Lipinski definition) is 1. The Kier molecular flexibility index (Phi) is 2.49. The Morgan fingerprint density at radius 3 is 2.67 bits per heavy atom. The lowest BCUT2D eigenvalue weighted by Crippen LogP contribution is -2.24. The number of ether oxygens (including phenoxy) is 1. The van der Waals surface area contributed by atoms with E-state index in [1.807, 2.05) is 0 Å². The number of methoxy groups -OCH3 is 1. The molecule has 0 bridgehead atoms. The lowest BCUT2D eigenvalue weighted by molar-refractivity contribution is 0.0115. The highest BCUT2D eigenvalue weighted by Crippen LogP contribution is 2.19. The molecule has 0 aliphatic heterocycles. The summed E-state index contributed by atoms with van der Waals surface area (Å²) in [5.41, 5.74) is 0. The van der Waals surface area contributed by atoms with Gasteiger partial charge in [-0.05, 0) is 25.7 Å². The highest BCUT2D eigenvalue weighted by atomic mass is 16.5. The topological polar surface area (TPSA) is 29.5 Å². The number of rotatable bonds is 1. The molecule has 0 spiro atoms. The molecule has 2 nitrogen and oxygen atoms in total. The third kappa shape index (κ3) is 1.95. The molecule has 1 aliphatic carbocycles. The summed E-state index contributed by atoms with van der Waals surface area (Å²) in [5.74, 6) is 0. The van der Waals surface area contributed by atoms with Gasteiger partial charge in [0.1, 0.15) is 0 Å². The highest BCUT2D eigenvalue weighted by Gasteiger charge is 2.18. The van der Waals surface area contributed by atoms with Crippen LogP contribution in [0, 0.1) is 0 Å². The van der Waals surface area contributed by atoms with Crippen LogP contribution >= 0.6 is 0 Å². The molecular formula is C7H14O2. The van der Waals surface area contributed by atoms with E-state index in [-0.39, 0.29) is 6.10 Å². The van der Waals surface area contributed by atoms with Crippen LogP contribution in [0.25, 0.3) is 0 Å². The molecule has 9 heavy (non-hydrogen) atoms. The van der Waals surface area contributed by atoms with Crippen LogP contribution in [0.3, 0.4) is 0 Å². The predicted molar refractivity (Wildman–Crippen MR) is 35.3 cm³/mol. The molecule has 0 radical (unpaired) electrons. The van der Waals surface area contributed by atoms with Gasteiger partial charge in [-0.25, -0.2) is 0 Å². The molecular weight excluding hydrogens is 116 g/mol. The maximum atomic E-state index is 9.13. The largest absolute Gasteiger partial charge is 0.393 e. The average Bonchev–Trinajstić information content (AvgIpc) is 1.88. The molecule has 0 aromatic rings. The zero-order chi connectivity index (χ0) is 6.69. The molecule has 1 saturated carbocycles. The van der Waals surface area contributed by atoms with Gasteiger partial charge in [-0.1, -0.05) is 0 Å². The van der Waals surface area contributed by atoms with Gasteiger partial charge >= 0.3 is 0 Å². The maximum Gasteiger partial charge on any atom is 0.0596 e. The molecule has 0 aromatic carbocycles. The van der Waals surface area contributed by atoms with Gasteiger partial charge in [-0.2, -0.15) is 0 Å². The van der Waals surface area contributed by atoms with Crippen molar-refractivity contribution >= 4 is 0 Å². The third-order valence-corrected chi connectivity index (χ3v) is 1.93. The Balaban J connectivity index is 2.23. The van der Waals surface area contributed by atoms with Crippen LogP contribution in [-0.2, 0) is 4.74 Å². The van der Waals surface area contributed by atoms with Crippen LogP contribution in [0.2, 0.25) is 0 Å². The van der Waals surface area contributed by atoms with Gasteiger partial charge in [0.25, 0.3) is 0 Å². The summed E-state index contributed by atoms with van der Waals surface area (Å²) in [6.45, 7) is 0. The molecule has 2 atom stereocenters. The van der Waals surface area contributed by atoms with Crippen molar-refractivity contribution in [1.29, 1.82) is 0 Å². The van der Waals surface area contributed by atoms with E-state index in [1.54, 1.807) is 7.11 Å². The smallest absolute Gasteiger partial charge is 0.0596 e. The Morgan fingerprint density at radius 2 is 2.22 bits per heavy atom. The lowest BCUT2D eigenvalue weighted by Gasteiger charge is -2.24. The molecule has 1 rings (SSSR count). The van der Waals surface area contributed by atoms with E-state index >= 15 is 0 Å². The second-order valence-electron chi connectivity index (χ2n) is 2.68. The van der Waals surface area contributed by atoms with E-state index in [4.69, 9.17) is 9.84 Å². The van der Waals surface area contributed by atoms with Crippen molar-refractivity contribution < 1.29 is 9.84 Å². The maximum absolute atomic E-state index is 9.13. The van der Waals surface area contributed by atoms with E-state index in [0.29, 0.717) is 6.10 Å². The Bertz CT molecular complexity index is 83.0. The molecule has 0 saturated heterocycles. The normalized spacial score (nSPS) is 36.7.